The summed E-state index contributed by atoms with van der Waals surface area (Å²) in [7, 11) is -0.440. The van der Waals surface area contributed by atoms with Gasteiger partial charge in [0.2, 0.25) is 0 Å². The molecule has 0 unspecified atom stereocenters. The molecule has 1 fully saturated rings. The molecule has 0 amide bonds. The zero-order chi connectivity index (χ0) is 14.3. The van der Waals surface area contributed by atoms with Crippen LogP contribution in [0.4, 0.5) is 4.39 Å². The summed E-state index contributed by atoms with van der Waals surface area (Å²) in [6.45, 7) is 9.86. The molecule has 1 aliphatic rings. The molecule has 0 bridgehead atoms. The van der Waals surface area contributed by atoms with Crippen LogP contribution in [0.2, 0.25) is 0 Å². The van der Waals surface area contributed by atoms with E-state index in [1.54, 1.807) is 12.1 Å². The summed E-state index contributed by atoms with van der Waals surface area (Å²) >= 11 is 0. The molecule has 102 valence electrons. The third-order valence-corrected chi connectivity index (χ3v) is 3.96. The molecule has 19 heavy (non-hydrogen) atoms. The highest BCUT2D eigenvalue weighted by atomic mass is 19.1. The highest BCUT2D eigenvalue weighted by Crippen LogP contribution is 2.37. The maximum absolute atomic E-state index is 13.7. The van der Waals surface area contributed by atoms with E-state index in [0.29, 0.717) is 5.56 Å². The normalized spacial score (nSPS) is 21.8. The van der Waals surface area contributed by atoms with E-state index < -0.39 is 7.12 Å². The van der Waals surface area contributed by atoms with E-state index in [1.165, 1.54) is 6.07 Å². The Morgan fingerprint density at radius 3 is 2.16 bits per heavy atom. The van der Waals surface area contributed by atoms with Crippen molar-refractivity contribution in [1.29, 1.82) is 0 Å². The Morgan fingerprint density at radius 2 is 1.63 bits per heavy atom. The summed E-state index contributed by atoms with van der Waals surface area (Å²) in [6, 6.07) is 6.71. The average Bonchev–Trinajstić information content (AvgIpc) is 2.47. The lowest BCUT2D eigenvalue weighted by Gasteiger charge is -2.32. The molecule has 0 N–H and O–H groups in total. The van der Waals surface area contributed by atoms with Gasteiger partial charge in [-0.3, -0.25) is 0 Å². The van der Waals surface area contributed by atoms with Gasteiger partial charge in [0.15, 0.2) is 0 Å². The van der Waals surface area contributed by atoms with Crippen LogP contribution in [0.3, 0.4) is 0 Å². The molecule has 0 saturated carbocycles. The van der Waals surface area contributed by atoms with Crippen LogP contribution in [0.5, 0.6) is 0 Å². The van der Waals surface area contributed by atoms with Crippen LogP contribution in [-0.4, -0.2) is 18.3 Å². The first-order valence-corrected chi connectivity index (χ1v) is 6.52. The third kappa shape index (κ3) is 2.75. The molecule has 0 radical (unpaired) electrons. The van der Waals surface area contributed by atoms with E-state index >= 15 is 0 Å². The smallest absolute Gasteiger partial charge is 0.400 e. The topological polar surface area (TPSA) is 18.5 Å². The lowest BCUT2D eigenvalue weighted by atomic mass is 9.85. The lowest BCUT2D eigenvalue weighted by molar-refractivity contribution is 0.00578. The van der Waals surface area contributed by atoms with Crippen molar-refractivity contribution in [2.75, 3.05) is 0 Å². The highest BCUT2D eigenvalue weighted by Gasteiger charge is 2.50. The zero-order valence-electron chi connectivity index (χ0n) is 12.2. The highest BCUT2D eigenvalue weighted by molar-refractivity contribution is 6.53. The van der Waals surface area contributed by atoms with E-state index in [-0.39, 0.29) is 17.0 Å². The third-order valence-electron chi connectivity index (χ3n) is 3.96. The van der Waals surface area contributed by atoms with Crippen molar-refractivity contribution >= 4 is 12.7 Å². The van der Waals surface area contributed by atoms with Gasteiger partial charge in [0.25, 0.3) is 0 Å². The molecule has 1 aromatic carbocycles. The van der Waals surface area contributed by atoms with E-state index in [4.69, 9.17) is 9.31 Å². The number of benzene rings is 1. The van der Waals surface area contributed by atoms with Gasteiger partial charge in [-0.1, -0.05) is 24.2 Å². The predicted octanol–water partition coefficient (Wildman–Crippen LogP) is 3.86. The molecule has 0 atom stereocenters. The van der Waals surface area contributed by atoms with E-state index in [9.17, 15) is 4.39 Å². The largest absolute Gasteiger partial charge is 0.487 e. The summed E-state index contributed by atoms with van der Waals surface area (Å²) in [5.41, 5.74) is 0.654. The standard InChI is InChI=1S/C15H20BFO2/c1-11(12-8-6-7-9-13(12)17)10-16-18-14(2,3)15(4,5)19-16/h6-10H,1-5H3/b11-10+. The molecule has 2 nitrogen and oxygen atoms in total. The number of allylic oxidation sites excluding steroid dienone is 1. The molecule has 1 aromatic rings. The van der Waals surface area contributed by atoms with Crippen LogP contribution >= 0.6 is 0 Å². The minimum absolute atomic E-state index is 0.229. The van der Waals surface area contributed by atoms with Gasteiger partial charge in [-0.05, 0) is 46.3 Å². The first kappa shape index (κ1) is 14.3. The van der Waals surface area contributed by atoms with E-state index in [1.807, 2.05) is 46.7 Å². The van der Waals surface area contributed by atoms with Crippen molar-refractivity contribution < 1.29 is 13.7 Å². The number of rotatable bonds is 2. The molecular formula is C15H20BFO2. The summed E-state index contributed by atoms with van der Waals surface area (Å²) in [6.07, 6.45) is 0. The van der Waals surface area contributed by atoms with Gasteiger partial charge in [-0.2, -0.15) is 0 Å². The van der Waals surface area contributed by atoms with Crippen molar-refractivity contribution in [2.45, 2.75) is 45.8 Å². The fourth-order valence-electron chi connectivity index (χ4n) is 2.03. The fourth-order valence-corrected chi connectivity index (χ4v) is 2.03. The summed E-state index contributed by atoms with van der Waals surface area (Å²) in [5, 5.41) is 0. The average molecular weight is 262 g/mol. The number of hydrogen-bond acceptors (Lipinski definition) is 2. The Labute approximate surface area is 114 Å². The van der Waals surface area contributed by atoms with Gasteiger partial charge in [0.05, 0.1) is 11.2 Å². The van der Waals surface area contributed by atoms with Crippen LogP contribution in [0.15, 0.2) is 30.2 Å². The van der Waals surface area contributed by atoms with Crippen molar-refractivity contribution in [3.8, 4) is 0 Å². The molecular weight excluding hydrogens is 242 g/mol. The van der Waals surface area contributed by atoms with Gasteiger partial charge in [0, 0.05) is 5.56 Å². The monoisotopic (exact) mass is 262 g/mol. The molecule has 0 spiro atoms. The summed E-state index contributed by atoms with van der Waals surface area (Å²) in [5.74, 6) is 1.60. The molecule has 0 aromatic heterocycles. The number of halogens is 1. The quantitative estimate of drug-likeness (QED) is 0.753. The van der Waals surface area contributed by atoms with Crippen LogP contribution in [0, 0.1) is 5.82 Å². The van der Waals surface area contributed by atoms with Crippen molar-refractivity contribution in [3.63, 3.8) is 0 Å². The fraction of sp³-hybridized carbons (Fsp3) is 0.467. The predicted molar refractivity (Wildman–Crippen MR) is 76.1 cm³/mol. The van der Waals surface area contributed by atoms with Crippen LogP contribution < -0.4 is 0 Å². The second kappa shape index (κ2) is 4.76. The van der Waals surface area contributed by atoms with E-state index in [0.717, 1.165) is 5.57 Å². The second-order valence-corrected chi connectivity index (χ2v) is 5.95. The maximum atomic E-state index is 13.7. The maximum Gasteiger partial charge on any atom is 0.487 e. The Hall–Kier alpha value is -1.13. The Kier molecular flexibility index (Phi) is 3.58. The van der Waals surface area contributed by atoms with Gasteiger partial charge >= 0.3 is 7.12 Å². The SMILES string of the molecule is C/C(=C\B1OC(C)(C)C(C)(C)O1)c1ccccc1F. The van der Waals surface area contributed by atoms with Gasteiger partial charge in [0.1, 0.15) is 5.82 Å². The Morgan fingerprint density at radius 1 is 1.11 bits per heavy atom. The zero-order valence-corrected chi connectivity index (χ0v) is 12.2. The molecule has 4 heteroatoms. The second-order valence-electron chi connectivity index (χ2n) is 5.95. The van der Waals surface area contributed by atoms with Crippen molar-refractivity contribution in [1.82, 2.24) is 0 Å². The Balaban J connectivity index is 2.22. The summed E-state index contributed by atoms with van der Waals surface area (Å²) in [4.78, 5) is 0. The summed E-state index contributed by atoms with van der Waals surface area (Å²) < 4.78 is 25.4. The van der Waals surface area contributed by atoms with E-state index in [2.05, 4.69) is 0 Å². The van der Waals surface area contributed by atoms with Crippen LogP contribution in [-0.2, 0) is 9.31 Å². The minimum atomic E-state index is -0.440. The van der Waals surface area contributed by atoms with Crippen LogP contribution in [0.25, 0.3) is 5.57 Å². The number of hydrogen-bond donors (Lipinski definition) is 0. The Bertz CT molecular complexity index is 493. The lowest BCUT2D eigenvalue weighted by Crippen LogP contribution is -2.41. The molecule has 1 aliphatic heterocycles. The molecule has 2 rings (SSSR count). The van der Waals surface area contributed by atoms with Crippen LogP contribution in [0.1, 0.15) is 40.2 Å². The van der Waals surface area contributed by atoms with Gasteiger partial charge in [-0.15, -0.1) is 0 Å². The van der Waals surface area contributed by atoms with Gasteiger partial charge < -0.3 is 9.31 Å². The molecule has 1 saturated heterocycles. The first-order valence-electron chi connectivity index (χ1n) is 6.52. The molecule has 0 aliphatic carbocycles. The minimum Gasteiger partial charge on any atom is -0.400 e. The first-order chi connectivity index (χ1) is 8.73. The molecule has 1 heterocycles. The van der Waals surface area contributed by atoms with Gasteiger partial charge in [-0.25, -0.2) is 4.39 Å². The van der Waals surface area contributed by atoms with Crippen molar-refractivity contribution in [2.24, 2.45) is 0 Å². The van der Waals surface area contributed by atoms with Crippen molar-refractivity contribution in [3.05, 3.63) is 41.6 Å².